The maximum atomic E-state index is 12.2. The highest BCUT2D eigenvalue weighted by atomic mass is 16.2. The largest absolute Gasteiger partial charge is 0.296 e. The fourth-order valence-corrected chi connectivity index (χ4v) is 2.77. The van der Waals surface area contributed by atoms with Crippen LogP contribution in [0.4, 0.5) is 0 Å². The molecular weight excluding hydrogens is 278 g/mol. The zero-order chi connectivity index (χ0) is 16.1. The van der Waals surface area contributed by atoms with Crippen molar-refractivity contribution in [1.82, 2.24) is 5.32 Å². The van der Waals surface area contributed by atoms with Crippen molar-refractivity contribution in [3.63, 3.8) is 0 Å². The molecule has 1 fully saturated rings. The summed E-state index contributed by atoms with van der Waals surface area (Å²) >= 11 is 0. The van der Waals surface area contributed by atoms with E-state index < -0.39 is 0 Å². The predicted octanol–water partition coefficient (Wildman–Crippen LogP) is 2.67. The van der Waals surface area contributed by atoms with Crippen LogP contribution >= 0.6 is 0 Å². The average molecular weight is 299 g/mol. The molecule has 22 heavy (non-hydrogen) atoms. The number of benzene rings is 1. The normalized spacial score (nSPS) is 17.5. The van der Waals surface area contributed by atoms with Crippen molar-refractivity contribution in [2.75, 3.05) is 0 Å². The summed E-state index contributed by atoms with van der Waals surface area (Å²) < 4.78 is 0. The molecule has 0 aromatic heterocycles. The molecule has 1 aliphatic rings. The summed E-state index contributed by atoms with van der Waals surface area (Å²) in [5.41, 5.74) is 2.13. The van der Waals surface area contributed by atoms with Crippen molar-refractivity contribution in [3.8, 4) is 0 Å². The van der Waals surface area contributed by atoms with E-state index in [2.05, 4.69) is 5.32 Å². The molecule has 0 saturated carbocycles. The van der Waals surface area contributed by atoms with Crippen molar-refractivity contribution in [3.05, 3.63) is 47.5 Å². The second-order valence-electron chi connectivity index (χ2n) is 5.86. The molecule has 1 unspecified atom stereocenters. The maximum absolute atomic E-state index is 12.2. The van der Waals surface area contributed by atoms with E-state index in [4.69, 9.17) is 0 Å². The molecule has 1 heterocycles. The van der Waals surface area contributed by atoms with Crippen LogP contribution in [0.2, 0.25) is 0 Å². The Bertz CT molecular complexity index is 603. The third kappa shape index (κ3) is 4.13. The van der Waals surface area contributed by atoms with E-state index in [0.717, 1.165) is 11.1 Å². The van der Waals surface area contributed by atoms with Gasteiger partial charge in [-0.2, -0.15) is 0 Å². The molecule has 0 aliphatic carbocycles. The number of imide groups is 1. The van der Waals surface area contributed by atoms with Gasteiger partial charge in [-0.1, -0.05) is 37.3 Å². The van der Waals surface area contributed by atoms with Gasteiger partial charge in [0.15, 0.2) is 5.78 Å². The highest BCUT2D eigenvalue weighted by molar-refractivity contribution is 5.98. The van der Waals surface area contributed by atoms with Gasteiger partial charge in [0, 0.05) is 18.8 Å². The van der Waals surface area contributed by atoms with E-state index >= 15 is 0 Å². The summed E-state index contributed by atoms with van der Waals surface area (Å²) in [5, 5.41) is 2.29. The number of hydrogen-bond donors (Lipinski definition) is 1. The lowest BCUT2D eigenvalue weighted by Gasteiger charge is -2.19. The maximum Gasteiger partial charge on any atom is 0.226 e. The first-order valence-corrected chi connectivity index (χ1v) is 7.56. The van der Waals surface area contributed by atoms with Crippen molar-refractivity contribution in [1.29, 1.82) is 0 Å². The zero-order valence-corrected chi connectivity index (χ0v) is 13.0. The Morgan fingerprint density at radius 3 is 2.55 bits per heavy atom. The smallest absolute Gasteiger partial charge is 0.226 e. The molecule has 1 N–H and O–H groups in total. The molecule has 0 radical (unpaired) electrons. The van der Waals surface area contributed by atoms with Gasteiger partial charge in [-0.25, -0.2) is 0 Å². The number of hydrogen-bond acceptors (Lipinski definition) is 3. The van der Waals surface area contributed by atoms with Gasteiger partial charge in [0.2, 0.25) is 11.8 Å². The fourth-order valence-electron chi connectivity index (χ4n) is 2.77. The summed E-state index contributed by atoms with van der Waals surface area (Å²) in [4.78, 5) is 34.8. The predicted molar refractivity (Wildman–Crippen MR) is 84.2 cm³/mol. The molecule has 116 valence electrons. The van der Waals surface area contributed by atoms with Crippen LogP contribution < -0.4 is 5.32 Å². The minimum atomic E-state index is -0.228. The molecule has 1 aromatic rings. The molecule has 4 heteroatoms. The molecule has 2 rings (SSSR count). The summed E-state index contributed by atoms with van der Waals surface area (Å²) in [7, 11) is 0. The molecule has 1 aliphatic heterocycles. The van der Waals surface area contributed by atoms with E-state index in [0.29, 0.717) is 19.3 Å². The third-order valence-corrected chi connectivity index (χ3v) is 4.06. The monoisotopic (exact) mass is 299 g/mol. The van der Waals surface area contributed by atoms with Crippen molar-refractivity contribution < 1.29 is 14.4 Å². The van der Waals surface area contributed by atoms with Crippen LogP contribution in [0, 0.1) is 12.8 Å². The number of ketones is 1. The van der Waals surface area contributed by atoms with Crippen LogP contribution in [0.15, 0.2) is 36.4 Å². The van der Waals surface area contributed by atoms with E-state index in [9.17, 15) is 14.4 Å². The average Bonchev–Trinajstić information content (AvgIpc) is 2.46. The summed E-state index contributed by atoms with van der Waals surface area (Å²) in [6.45, 7) is 3.89. The lowest BCUT2D eigenvalue weighted by Crippen LogP contribution is -2.38. The lowest BCUT2D eigenvalue weighted by molar-refractivity contribution is -0.134. The van der Waals surface area contributed by atoms with Crippen LogP contribution in [0.25, 0.3) is 0 Å². The van der Waals surface area contributed by atoms with Crippen LogP contribution in [0.1, 0.15) is 43.2 Å². The number of carbonyl (C=O) groups is 3. The molecular formula is C18H21NO3. The van der Waals surface area contributed by atoms with Gasteiger partial charge < -0.3 is 0 Å². The SMILES string of the molecule is Cc1ccccc1C(C)C(=O)/C=C/CC1CC(=O)NC(=O)C1. The first-order valence-electron chi connectivity index (χ1n) is 7.56. The number of rotatable bonds is 5. The number of carbonyl (C=O) groups excluding carboxylic acids is 3. The number of amides is 2. The first-order chi connectivity index (χ1) is 10.5. The summed E-state index contributed by atoms with van der Waals surface area (Å²) in [6.07, 6.45) is 4.63. The van der Waals surface area contributed by atoms with Gasteiger partial charge in [0.05, 0.1) is 0 Å². The van der Waals surface area contributed by atoms with Gasteiger partial charge in [0.1, 0.15) is 0 Å². The van der Waals surface area contributed by atoms with Gasteiger partial charge in [-0.3, -0.25) is 19.7 Å². The number of nitrogens with one attached hydrogen (secondary N) is 1. The van der Waals surface area contributed by atoms with Crippen LogP contribution in [0.5, 0.6) is 0 Å². The van der Waals surface area contributed by atoms with Gasteiger partial charge in [-0.05, 0) is 36.5 Å². The van der Waals surface area contributed by atoms with E-state index in [1.807, 2.05) is 38.1 Å². The van der Waals surface area contributed by atoms with Crippen molar-refractivity contribution in [2.24, 2.45) is 5.92 Å². The highest BCUT2D eigenvalue weighted by Gasteiger charge is 2.23. The second kappa shape index (κ2) is 7.16. The zero-order valence-electron chi connectivity index (χ0n) is 13.0. The third-order valence-electron chi connectivity index (χ3n) is 4.06. The van der Waals surface area contributed by atoms with Crippen LogP contribution in [0.3, 0.4) is 0 Å². The quantitative estimate of drug-likeness (QED) is 0.671. The minimum Gasteiger partial charge on any atom is -0.296 e. The Kier molecular flexibility index (Phi) is 5.26. The molecule has 2 amide bonds. The van der Waals surface area contributed by atoms with E-state index in [-0.39, 0.29) is 29.4 Å². The number of piperidine rings is 1. The van der Waals surface area contributed by atoms with Gasteiger partial charge >= 0.3 is 0 Å². The molecule has 1 aromatic carbocycles. The molecule has 4 nitrogen and oxygen atoms in total. The Labute approximate surface area is 130 Å². The molecule has 1 atom stereocenters. The Balaban J connectivity index is 1.92. The molecule has 0 bridgehead atoms. The van der Waals surface area contributed by atoms with Crippen molar-refractivity contribution >= 4 is 17.6 Å². The van der Waals surface area contributed by atoms with Crippen molar-refractivity contribution in [2.45, 2.75) is 39.0 Å². The lowest BCUT2D eigenvalue weighted by atomic mass is 9.91. The molecule has 1 saturated heterocycles. The topological polar surface area (TPSA) is 63.2 Å². The number of aryl methyl sites for hydroxylation is 1. The Hall–Kier alpha value is -2.23. The second-order valence-corrected chi connectivity index (χ2v) is 5.86. The van der Waals surface area contributed by atoms with E-state index in [1.165, 1.54) is 0 Å². The van der Waals surface area contributed by atoms with Gasteiger partial charge in [-0.15, -0.1) is 0 Å². The summed E-state index contributed by atoms with van der Waals surface area (Å²) in [5.74, 6) is -0.600. The molecule has 0 spiro atoms. The highest BCUT2D eigenvalue weighted by Crippen LogP contribution is 2.22. The van der Waals surface area contributed by atoms with Crippen LogP contribution in [-0.2, 0) is 14.4 Å². The number of allylic oxidation sites excluding steroid dienone is 2. The minimum absolute atomic E-state index is 0.000863. The van der Waals surface area contributed by atoms with Gasteiger partial charge in [0.25, 0.3) is 0 Å². The first kappa shape index (κ1) is 16.1. The Morgan fingerprint density at radius 1 is 1.27 bits per heavy atom. The Morgan fingerprint density at radius 2 is 1.91 bits per heavy atom. The van der Waals surface area contributed by atoms with Crippen LogP contribution in [-0.4, -0.2) is 17.6 Å². The summed E-state index contributed by atoms with van der Waals surface area (Å²) in [6, 6.07) is 7.85. The standard InChI is InChI=1S/C18H21NO3/c1-12-6-3-4-8-15(12)13(2)16(20)9-5-7-14-10-17(21)19-18(22)11-14/h3-6,8-9,13-14H,7,10-11H2,1-2H3,(H,19,21,22)/b9-5+. The van der Waals surface area contributed by atoms with E-state index in [1.54, 1.807) is 12.2 Å². The fraction of sp³-hybridized carbons (Fsp3) is 0.389.